The fourth-order valence-corrected chi connectivity index (χ4v) is 3.39. The monoisotopic (exact) mass is 373 g/mol. The zero-order chi connectivity index (χ0) is 16.8. The molecule has 0 bridgehead atoms. The lowest BCUT2D eigenvalue weighted by Crippen LogP contribution is -2.41. The number of benzene rings is 1. The molecule has 1 amide bonds. The van der Waals surface area contributed by atoms with Crippen molar-refractivity contribution in [1.82, 2.24) is 4.90 Å². The van der Waals surface area contributed by atoms with Crippen molar-refractivity contribution in [3.8, 4) is 0 Å². The summed E-state index contributed by atoms with van der Waals surface area (Å²) in [5, 5.41) is 10.0. The molecule has 0 aromatic heterocycles. The van der Waals surface area contributed by atoms with Crippen LogP contribution < -0.4 is 0 Å². The number of carboxylic acid groups (broad SMARTS) is 1. The van der Waals surface area contributed by atoms with Gasteiger partial charge in [-0.2, -0.15) is 0 Å². The van der Waals surface area contributed by atoms with Crippen LogP contribution in [0.5, 0.6) is 0 Å². The number of halogens is 2. The second-order valence-corrected chi connectivity index (χ2v) is 6.66. The summed E-state index contributed by atoms with van der Waals surface area (Å²) in [6, 6.07) is 6.90. The highest BCUT2D eigenvalue weighted by molar-refractivity contribution is 6.30. The van der Waals surface area contributed by atoms with E-state index in [-0.39, 0.29) is 30.2 Å². The molecule has 0 aliphatic carbocycles. The maximum Gasteiger partial charge on any atom is 0.306 e. The quantitative estimate of drug-likeness (QED) is 0.797. The Bertz CT molecular complexity index is 540. The minimum atomic E-state index is -0.694. The standard InChI is InChI=1S/C18H24ClNO3.ClH/c1-2-3-4-16(18(22)23)13-9-11-20(12-10-13)17(21)14-5-7-15(19)8-6-14;/h5-8,13,16H,2-4,9-12H2,1H3,(H,22,23);1H. The normalized spacial score (nSPS) is 16.3. The lowest BCUT2D eigenvalue weighted by molar-refractivity contribution is -0.144. The zero-order valence-electron chi connectivity index (χ0n) is 13.9. The second-order valence-electron chi connectivity index (χ2n) is 6.22. The van der Waals surface area contributed by atoms with E-state index in [1.54, 1.807) is 24.3 Å². The minimum Gasteiger partial charge on any atom is -0.481 e. The summed E-state index contributed by atoms with van der Waals surface area (Å²) < 4.78 is 0. The Morgan fingerprint density at radius 2 is 1.83 bits per heavy atom. The zero-order valence-corrected chi connectivity index (χ0v) is 15.5. The summed E-state index contributed by atoms with van der Waals surface area (Å²) in [5.41, 5.74) is 0.633. The van der Waals surface area contributed by atoms with Crippen molar-refractivity contribution >= 4 is 35.9 Å². The molecule has 1 aromatic carbocycles. The summed E-state index contributed by atoms with van der Waals surface area (Å²) in [4.78, 5) is 25.8. The topological polar surface area (TPSA) is 57.6 Å². The fraction of sp³-hybridized carbons (Fsp3) is 0.556. The highest BCUT2D eigenvalue weighted by atomic mass is 35.5. The van der Waals surface area contributed by atoms with Crippen molar-refractivity contribution in [3.05, 3.63) is 34.9 Å². The van der Waals surface area contributed by atoms with E-state index in [4.69, 9.17) is 11.6 Å². The molecule has 0 radical (unpaired) electrons. The molecule has 2 rings (SSSR count). The molecule has 6 heteroatoms. The number of carboxylic acids is 1. The van der Waals surface area contributed by atoms with Gasteiger partial charge in [-0.15, -0.1) is 12.4 Å². The van der Waals surface area contributed by atoms with Gasteiger partial charge in [-0.05, 0) is 49.4 Å². The predicted octanol–water partition coefficient (Wildman–Crippen LogP) is 4.51. The largest absolute Gasteiger partial charge is 0.481 e. The molecule has 1 saturated heterocycles. The first kappa shape index (κ1) is 20.8. The van der Waals surface area contributed by atoms with Crippen molar-refractivity contribution in [2.75, 3.05) is 13.1 Å². The Hall–Kier alpha value is -1.26. The molecule has 1 aliphatic rings. The van der Waals surface area contributed by atoms with E-state index in [0.29, 0.717) is 23.7 Å². The molecular formula is C18H25Cl2NO3. The van der Waals surface area contributed by atoms with Crippen LogP contribution in [-0.4, -0.2) is 35.0 Å². The van der Waals surface area contributed by atoms with Crippen molar-refractivity contribution in [2.24, 2.45) is 11.8 Å². The summed E-state index contributed by atoms with van der Waals surface area (Å²) in [6.07, 6.45) is 4.22. The van der Waals surface area contributed by atoms with Gasteiger partial charge in [0.15, 0.2) is 0 Å². The summed E-state index contributed by atoms with van der Waals surface area (Å²) in [5.74, 6) is -0.794. The molecule has 1 unspecified atom stereocenters. The van der Waals surface area contributed by atoms with E-state index in [1.165, 1.54) is 0 Å². The smallest absolute Gasteiger partial charge is 0.306 e. The van der Waals surface area contributed by atoms with E-state index in [2.05, 4.69) is 6.92 Å². The van der Waals surface area contributed by atoms with Crippen LogP contribution in [0.1, 0.15) is 49.4 Å². The SMILES string of the molecule is CCCCC(C(=O)O)C1CCN(C(=O)c2ccc(Cl)cc2)CC1.Cl. The third-order valence-electron chi connectivity index (χ3n) is 4.67. The van der Waals surface area contributed by atoms with Crippen molar-refractivity contribution in [1.29, 1.82) is 0 Å². The van der Waals surface area contributed by atoms with Gasteiger partial charge in [0.2, 0.25) is 0 Å². The highest BCUT2D eigenvalue weighted by Gasteiger charge is 2.32. The fourth-order valence-electron chi connectivity index (χ4n) is 3.26. The predicted molar refractivity (Wildman–Crippen MR) is 98.0 cm³/mol. The van der Waals surface area contributed by atoms with E-state index < -0.39 is 5.97 Å². The Labute approximate surface area is 154 Å². The van der Waals surface area contributed by atoms with Crippen molar-refractivity contribution in [3.63, 3.8) is 0 Å². The van der Waals surface area contributed by atoms with Gasteiger partial charge >= 0.3 is 5.97 Å². The molecule has 1 N–H and O–H groups in total. The summed E-state index contributed by atoms with van der Waals surface area (Å²) in [7, 11) is 0. The molecule has 134 valence electrons. The number of rotatable bonds is 6. The number of hydrogen-bond donors (Lipinski definition) is 1. The Kier molecular flexibility index (Phi) is 8.57. The van der Waals surface area contributed by atoms with Crippen LogP contribution in [0.4, 0.5) is 0 Å². The molecule has 1 aromatic rings. The Morgan fingerprint density at radius 3 is 2.33 bits per heavy atom. The number of hydrogen-bond acceptors (Lipinski definition) is 2. The molecule has 1 fully saturated rings. The van der Waals surface area contributed by atoms with Crippen LogP contribution in [0.2, 0.25) is 5.02 Å². The molecule has 0 saturated carbocycles. The molecule has 0 spiro atoms. The van der Waals surface area contributed by atoms with Gasteiger partial charge in [0.1, 0.15) is 0 Å². The number of likely N-dealkylation sites (tertiary alicyclic amines) is 1. The summed E-state index contributed by atoms with van der Waals surface area (Å²) >= 11 is 5.85. The number of carbonyl (C=O) groups is 2. The maximum absolute atomic E-state index is 12.5. The number of piperidine rings is 1. The van der Waals surface area contributed by atoms with Gasteiger partial charge < -0.3 is 10.0 Å². The first-order valence-corrected chi connectivity index (χ1v) is 8.68. The van der Waals surface area contributed by atoms with Crippen LogP contribution in [0, 0.1) is 11.8 Å². The van der Waals surface area contributed by atoms with Gasteiger partial charge in [-0.3, -0.25) is 9.59 Å². The first-order chi connectivity index (χ1) is 11.0. The lowest BCUT2D eigenvalue weighted by atomic mass is 9.81. The molecule has 24 heavy (non-hydrogen) atoms. The Balaban J connectivity index is 0.00000288. The first-order valence-electron chi connectivity index (χ1n) is 8.30. The maximum atomic E-state index is 12.5. The van der Waals surface area contributed by atoms with Crippen LogP contribution >= 0.6 is 24.0 Å². The van der Waals surface area contributed by atoms with Gasteiger partial charge in [0, 0.05) is 23.7 Å². The number of unbranched alkanes of at least 4 members (excludes halogenated alkanes) is 1. The number of aliphatic carboxylic acids is 1. The van der Waals surface area contributed by atoms with E-state index in [1.807, 2.05) is 4.90 Å². The van der Waals surface area contributed by atoms with Gasteiger partial charge in [-0.1, -0.05) is 31.4 Å². The third kappa shape index (κ3) is 5.38. The lowest BCUT2D eigenvalue weighted by Gasteiger charge is -2.34. The molecule has 1 atom stereocenters. The molecule has 1 heterocycles. The van der Waals surface area contributed by atoms with E-state index in [9.17, 15) is 14.7 Å². The average molecular weight is 374 g/mol. The van der Waals surface area contributed by atoms with Crippen molar-refractivity contribution in [2.45, 2.75) is 39.0 Å². The third-order valence-corrected chi connectivity index (χ3v) is 4.92. The molecule has 1 aliphatic heterocycles. The van der Waals surface area contributed by atoms with E-state index in [0.717, 1.165) is 32.1 Å². The average Bonchev–Trinajstić information content (AvgIpc) is 2.55. The van der Waals surface area contributed by atoms with Gasteiger partial charge in [-0.25, -0.2) is 0 Å². The van der Waals surface area contributed by atoms with Gasteiger partial charge in [0.25, 0.3) is 5.91 Å². The highest BCUT2D eigenvalue weighted by Crippen LogP contribution is 2.29. The molecule has 4 nitrogen and oxygen atoms in total. The van der Waals surface area contributed by atoms with Crippen LogP contribution in [-0.2, 0) is 4.79 Å². The second kappa shape index (κ2) is 9.90. The van der Waals surface area contributed by atoms with E-state index >= 15 is 0 Å². The van der Waals surface area contributed by atoms with Crippen LogP contribution in [0.25, 0.3) is 0 Å². The van der Waals surface area contributed by atoms with Crippen LogP contribution in [0.15, 0.2) is 24.3 Å². The minimum absolute atomic E-state index is 0. The summed E-state index contributed by atoms with van der Waals surface area (Å²) in [6.45, 7) is 3.33. The van der Waals surface area contributed by atoms with Gasteiger partial charge in [0.05, 0.1) is 5.92 Å². The number of nitrogens with zero attached hydrogens (tertiary/aromatic N) is 1. The molecular weight excluding hydrogens is 349 g/mol. The number of amides is 1. The van der Waals surface area contributed by atoms with Crippen LogP contribution in [0.3, 0.4) is 0 Å². The number of carbonyl (C=O) groups excluding carboxylic acids is 1. The van der Waals surface area contributed by atoms with Crippen molar-refractivity contribution < 1.29 is 14.7 Å². The Morgan fingerprint density at radius 1 is 1.25 bits per heavy atom.